The monoisotopic (exact) mass is 256 g/mol. The summed E-state index contributed by atoms with van der Waals surface area (Å²) in [4.78, 5) is 10.5. The third-order valence-electron chi connectivity index (χ3n) is 2.61. The number of hydrogen-bond donors (Lipinski definition) is 1. The van der Waals surface area contributed by atoms with Crippen LogP contribution in [0.4, 0.5) is 5.95 Å². The van der Waals surface area contributed by atoms with Crippen molar-refractivity contribution in [2.24, 2.45) is 5.73 Å². The maximum atomic E-state index is 6.05. The summed E-state index contributed by atoms with van der Waals surface area (Å²) in [5.74, 6) is 0.766. The topological polar surface area (TPSA) is 55.0 Å². The highest BCUT2D eigenvalue weighted by molar-refractivity contribution is 9.10. The van der Waals surface area contributed by atoms with Crippen LogP contribution in [0.2, 0.25) is 0 Å². The summed E-state index contributed by atoms with van der Waals surface area (Å²) in [5, 5.41) is 0. The van der Waals surface area contributed by atoms with E-state index in [0.717, 1.165) is 29.9 Å². The third kappa shape index (κ3) is 1.74. The molecule has 1 aromatic heterocycles. The molecular weight excluding hydrogens is 244 g/mol. The third-order valence-corrected chi connectivity index (χ3v) is 3.01. The highest BCUT2D eigenvalue weighted by atomic mass is 79.9. The molecule has 76 valence electrons. The van der Waals surface area contributed by atoms with Gasteiger partial charge in [-0.05, 0) is 22.4 Å². The van der Waals surface area contributed by atoms with Crippen molar-refractivity contribution in [1.29, 1.82) is 0 Å². The maximum Gasteiger partial charge on any atom is 0.225 e. The lowest BCUT2D eigenvalue weighted by atomic mass is 9.89. The predicted molar refractivity (Wildman–Crippen MR) is 59.2 cm³/mol. The Morgan fingerprint density at radius 1 is 1.50 bits per heavy atom. The quantitative estimate of drug-likeness (QED) is 0.864. The average Bonchev–Trinajstić information content (AvgIpc) is 2.15. The van der Waals surface area contributed by atoms with E-state index in [1.54, 1.807) is 12.4 Å². The van der Waals surface area contributed by atoms with Gasteiger partial charge in [-0.25, -0.2) is 9.97 Å². The molecule has 1 saturated heterocycles. The van der Waals surface area contributed by atoms with Crippen LogP contribution in [0.5, 0.6) is 0 Å². The Hall–Kier alpha value is -0.680. The van der Waals surface area contributed by atoms with E-state index in [0.29, 0.717) is 0 Å². The number of hydrogen-bond acceptors (Lipinski definition) is 4. The van der Waals surface area contributed by atoms with Crippen molar-refractivity contribution in [3.05, 3.63) is 16.9 Å². The normalized spacial score (nSPS) is 19.2. The lowest BCUT2D eigenvalue weighted by Gasteiger charge is -2.47. The zero-order valence-electron chi connectivity index (χ0n) is 8.07. The fourth-order valence-electron chi connectivity index (χ4n) is 1.55. The molecule has 0 unspecified atom stereocenters. The lowest BCUT2D eigenvalue weighted by Crippen LogP contribution is -2.67. The summed E-state index contributed by atoms with van der Waals surface area (Å²) < 4.78 is 0.899. The molecule has 0 bridgehead atoms. The van der Waals surface area contributed by atoms with Crippen molar-refractivity contribution in [2.75, 3.05) is 18.0 Å². The van der Waals surface area contributed by atoms with Crippen LogP contribution >= 0.6 is 15.9 Å². The molecule has 0 amide bonds. The van der Waals surface area contributed by atoms with E-state index in [-0.39, 0.29) is 5.54 Å². The van der Waals surface area contributed by atoms with Crippen molar-refractivity contribution in [2.45, 2.75) is 18.9 Å². The second-order valence-electron chi connectivity index (χ2n) is 3.77. The van der Waals surface area contributed by atoms with Crippen molar-refractivity contribution >= 4 is 21.9 Å². The van der Waals surface area contributed by atoms with E-state index >= 15 is 0 Å². The van der Waals surface area contributed by atoms with E-state index in [9.17, 15) is 0 Å². The molecule has 1 fully saturated rings. The van der Waals surface area contributed by atoms with Gasteiger partial charge in [-0.1, -0.05) is 6.92 Å². The van der Waals surface area contributed by atoms with Crippen molar-refractivity contribution in [1.82, 2.24) is 9.97 Å². The van der Waals surface area contributed by atoms with Gasteiger partial charge >= 0.3 is 0 Å². The highest BCUT2D eigenvalue weighted by Gasteiger charge is 2.38. The van der Waals surface area contributed by atoms with Crippen LogP contribution in [-0.4, -0.2) is 28.6 Å². The first-order valence-corrected chi connectivity index (χ1v) is 5.44. The van der Waals surface area contributed by atoms with Crippen LogP contribution in [0.25, 0.3) is 0 Å². The van der Waals surface area contributed by atoms with Gasteiger partial charge in [-0.3, -0.25) is 0 Å². The molecule has 0 atom stereocenters. The van der Waals surface area contributed by atoms with Gasteiger partial charge in [0.15, 0.2) is 0 Å². The minimum atomic E-state index is -0.0313. The second-order valence-corrected chi connectivity index (χ2v) is 4.69. The standard InChI is InChI=1S/C9H13BrN4/c1-2-9(11)5-14(6-9)8-12-3-7(10)4-13-8/h3-4H,2,5-6,11H2,1H3. The molecule has 4 nitrogen and oxygen atoms in total. The first kappa shape index (κ1) is 9.86. The summed E-state index contributed by atoms with van der Waals surface area (Å²) in [7, 11) is 0. The van der Waals surface area contributed by atoms with E-state index < -0.39 is 0 Å². The fourth-order valence-corrected chi connectivity index (χ4v) is 1.75. The number of aromatic nitrogens is 2. The van der Waals surface area contributed by atoms with Gasteiger partial charge in [-0.15, -0.1) is 0 Å². The SMILES string of the molecule is CCC1(N)CN(c2ncc(Br)cn2)C1. The van der Waals surface area contributed by atoms with Gasteiger partial charge in [-0.2, -0.15) is 0 Å². The second kappa shape index (κ2) is 3.47. The minimum Gasteiger partial charge on any atom is -0.337 e. The molecule has 2 N–H and O–H groups in total. The Bertz CT molecular complexity index is 318. The number of anilines is 1. The Labute approximate surface area is 91.7 Å². The van der Waals surface area contributed by atoms with Gasteiger partial charge in [0.25, 0.3) is 0 Å². The summed E-state index contributed by atoms with van der Waals surface area (Å²) in [5.41, 5.74) is 6.02. The molecule has 1 aliphatic heterocycles. The van der Waals surface area contributed by atoms with Crippen LogP contribution in [0, 0.1) is 0 Å². The van der Waals surface area contributed by atoms with Gasteiger partial charge in [0, 0.05) is 25.5 Å². The number of rotatable bonds is 2. The van der Waals surface area contributed by atoms with Crippen LogP contribution < -0.4 is 10.6 Å². The Morgan fingerprint density at radius 2 is 2.07 bits per heavy atom. The molecule has 0 radical (unpaired) electrons. The molecule has 14 heavy (non-hydrogen) atoms. The number of nitrogens with zero attached hydrogens (tertiary/aromatic N) is 3. The summed E-state index contributed by atoms with van der Waals surface area (Å²) >= 11 is 3.30. The molecule has 0 saturated carbocycles. The number of halogens is 1. The average molecular weight is 257 g/mol. The molecule has 1 aromatic rings. The van der Waals surface area contributed by atoms with Crippen molar-refractivity contribution in [3.63, 3.8) is 0 Å². The van der Waals surface area contributed by atoms with Gasteiger partial charge in [0.2, 0.25) is 5.95 Å². The Balaban J connectivity index is 2.03. The van der Waals surface area contributed by atoms with Crippen LogP contribution in [0.1, 0.15) is 13.3 Å². The van der Waals surface area contributed by atoms with E-state index in [4.69, 9.17) is 5.73 Å². The maximum absolute atomic E-state index is 6.05. The summed E-state index contributed by atoms with van der Waals surface area (Å²) in [6.07, 6.45) is 4.51. The molecule has 2 heterocycles. The summed E-state index contributed by atoms with van der Waals surface area (Å²) in [6, 6.07) is 0. The van der Waals surface area contributed by atoms with Crippen LogP contribution in [-0.2, 0) is 0 Å². The molecular formula is C9H13BrN4. The molecule has 0 aliphatic carbocycles. The molecule has 5 heteroatoms. The summed E-state index contributed by atoms with van der Waals surface area (Å²) in [6.45, 7) is 3.82. The molecule has 0 aromatic carbocycles. The van der Waals surface area contributed by atoms with E-state index in [1.165, 1.54) is 0 Å². The predicted octanol–water partition coefficient (Wildman–Crippen LogP) is 1.17. The van der Waals surface area contributed by atoms with E-state index in [1.807, 2.05) is 0 Å². The van der Waals surface area contributed by atoms with Gasteiger partial charge < -0.3 is 10.6 Å². The van der Waals surface area contributed by atoms with E-state index in [2.05, 4.69) is 37.7 Å². The van der Waals surface area contributed by atoms with Crippen LogP contribution in [0.15, 0.2) is 16.9 Å². The lowest BCUT2D eigenvalue weighted by molar-refractivity contribution is 0.318. The molecule has 0 spiro atoms. The van der Waals surface area contributed by atoms with Crippen molar-refractivity contribution in [3.8, 4) is 0 Å². The zero-order valence-corrected chi connectivity index (χ0v) is 9.66. The zero-order chi connectivity index (χ0) is 10.2. The smallest absolute Gasteiger partial charge is 0.225 e. The molecule has 1 aliphatic rings. The largest absolute Gasteiger partial charge is 0.337 e. The first-order valence-electron chi connectivity index (χ1n) is 4.64. The molecule has 2 rings (SSSR count). The Kier molecular flexibility index (Phi) is 2.45. The Morgan fingerprint density at radius 3 is 2.57 bits per heavy atom. The number of nitrogens with two attached hydrogens (primary N) is 1. The highest BCUT2D eigenvalue weighted by Crippen LogP contribution is 2.25. The minimum absolute atomic E-state index is 0.0313. The first-order chi connectivity index (χ1) is 6.63. The van der Waals surface area contributed by atoms with Gasteiger partial charge in [0.1, 0.15) is 0 Å². The van der Waals surface area contributed by atoms with Crippen LogP contribution in [0.3, 0.4) is 0 Å². The fraction of sp³-hybridized carbons (Fsp3) is 0.556. The van der Waals surface area contributed by atoms with Gasteiger partial charge in [0.05, 0.1) is 10.0 Å². The van der Waals surface area contributed by atoms with Crippen molar-refractivity contribution < 1.29 is 0 Å².